The molecule has 1 aliphatic rings. The number of benzene rings is 2. The average molecular weight is 708 g/mol. The maximum atomic E-state index is 13.3. The van der Waals surface area contributed by atoms with Crippen LogP contribution >= 0.6 is 21.6 Å². The zero-order chi connectivity index (χ0) is 35.1. The van der Waals surface area contributed by atoms with Gasteiger partial charge < -0.3 is 33.4 Å². The highest BCUT2D eigenvalue weighted by atomic mass is 33.1. The third-order valence-electron chi connectivity index (χ3n) is 6.94. The quantitative estimate of drug-likeness (QED) is 0.0465. The molecule has 0 saturated carbocycles. The fraction of sp³-hybridized carbons (Fsp3) is 0.529. The number of carbonyl (C=O) groups excluding carboxylic acids is 4. The Labute approximate surface area is 290 Å². The number of rotatable bonds is 16. The molecule has 12 nitrogen and oxygen atoms in total. The molecule has 3 rings (SSSR count). The summed E-state index contributed by atoms with van der Waals surface area (Å²) in [7, 11) is 6.89. The molecule has 0 aromatic heterocycles. The van der Waals surface area contributed by atoms with Gasteiger partial charge in [-0.1, -0.05) is 28.0 Å². The van der Waals surface area contributed by atoms with Crippen molar-refractivity contribution in [2.24, 2.45) is 0 Å². The minimum Gasteiger partial charge on any atom is -0.497 e. The van der Waals surface area contributed by atoms with E-state index in [1.54, 1.807) is 58.2 Å². The third kappa shape index (κ3) is 13.8. The second-order valence-electron chi connectivity index (χ2n) is 12.0. The first kappa shape index (κ1) is 38.7. The van der Waals surface area contributed by atoms with Crippen LogP contribution in [0.3, 0.4) is 0 Å². The van der Waals surface area contributed by atoms with E-state index in [0.717, 1.165) is 19.3 Å². The Hall–Kier alpha value is -3.78. The van der Waals surface area contributed by atoms with Crippen molar-refractivity contribution in [3.8, 4) is 11.5 Å². The van der Waals surface area contributed by atoms with E-state index in [0.29, 0.717) is 34.4 Å². The lowest BCUT2D eigenvalue weighted by molar-refractivity contribution is -0.0500. The highest BCUT2D eigenvalue weighted by Crippen LogP contribution is 2.40. The lowest BCUT2D eigenvalue weighted by atomic mass is 10.1. The monoisotopic (exact) mass is 707 g/mol. The summed E-state index contributed by atoms with van der Waals surface area (Å²) >= 11 is 0. The first-order chi connectivity index (χ1) is 22.9. The van der Waals surface area contributed by atoms with E-state index in [9.17, 15) is 19.2 Å². The van der Waals surface area contributed by atoms with Crippen LogP contribution in [0.1, 0.15) is 75.7 Å². The van der Waals surface area contributed by atoms with Crippen molar-refractivity contribution in [1.29, 1.82) is 0 Å². The molecule has 0 spiro atoms. The molecular formula is C34H47N2O10S2+. The highest BCUT2D eigenvalue weighted by molar-refractivity contribution is 8.77. The van der Waals surface area contributed by atoms with E-state index in [-0.39, 0.29) is 31.2 Å². The molecule has 2 aromatic rings. The van der Waals surface area contributed by atoms with Gasteiger partial charge in [0.1, 0.15) is 30.1 Å². The van der Waals surface area contributed by atoms with E-state index in [4.69, 9.17) is 28.4 Å². The third-order valence-corrected chi connectivity index (χ3v) is 9.94. The molecular weight excluding hydrogens is 661 g/mol. The number of ether oxygens (including phenoxy) is 6. The number of nitrogens with one attached hydrogen (secondary N) is 1. The SMILES string of the molecule is COc1ccc(CN(CCOC(=O)c2ccc(NC(=O)OC(C)(C)C)cc2)C(=O)OC(C)OC(=[OH+])CCCCC2CCSS2)c(OC)c1. The minimum atomic E-state index is -1.06. The summed E-state index contributed by atoms with van der Waals surface area (Å²) < 4.78 is 32.4. The van der Waals surface area contributed by atoms with Gasteiger partial charge in [0.25, 0.3) is 0 Å². The van der Waals surface area contributed by atoms with Gasteiger partial charge in [-0.2, -0.15) is 0 Å². The van der Waals surface area contributed by atoms with Gasteiger partial charge in [0.15, 0.2) is 0 Å². The Morgan fingerprint density at radius 2 is 1.79 bits per heavy atom. The number of esters is 2. The van der Waals surface area contributed by atoms with E-state index in [1.807, 2.05) is 21.6 Å². The van der Waals surface area contributed by atoms with E-state index >= 15 is 0 Å². The fourth-order valence-corrected chi connectivity index (χ4v) is 7.60. The summed E-state index contributed by atoms with van der Waals surface area (Å²) in [5.41, 5.74) is 0.719. The van der Waals surface area contributed by atoms with E-state index in [1.165, 1.54) is 43.2 Å². The Balaban J connectivity index is 1.56. The van der Waals surface area contributed by atoms with Crippen LogP contribution in [-0.4, -0.2) is 84.1 Å². The second-order valence-corrected chi connectivity index (χ2v) is 14.8. The van der Waals surface area contributed by atoms with Crippen LogP contribution in [0.15, 0.2) is 42.5 Å². The number of hydrogen-bond acceptors (Lipinski definition) is 11. The normalized spacial score (nSPS) is 14.8. The predicted molar refractivity (Wildman–Crippen MR) is 187 cm³/mol. The van der Waals surface area contributed by atoms with Crippen LogP contribution in [0.4, 0.5) is 15.3 Å². The smallest absolute Gasteiger partial charge is 0.485 e. The molecule has 2 amide bonds. The van der Waals surface area contributed by atoms with Crippen LogP contribution in [0.25, 0.3) is 0 Å². The van der Waals surface area contributed by atoms with Crippen molar-refractivity contribution in [2.75, 3.05) is 38.4 Å². The first-order valence-corrected chi connectivity index (χ1v) is 18.2. The number of hydrogen-bond donors (Lipinski definition) is 1. The zero-order valence-electron chi connectivity index (χ0n) is 28.4. The summed E-state index contributed by atoms with van der Waals surface area (Å²) in [6.07, 6.45) is 2.00. The summed E-state index contributed by atoms with van der Waals surface area (Å²) in [4.78, 5) is 49.7. The van der Waals surface area contributed by atoms with Gasteiger partial charge in [-0.25, -0.2) is 14.4 Å². The number of amides is 2. The average Bonchev–Trinajstić information content (AvgIpc) is 3.55. The molecule has 14 heteroatoms. The molecule has 264 valence electrons. The Morgan fingerprint density at radius 1 is 1.04 bits per heavy atom. The largest absolute Gasteiger partial charge is 0.497 e. The molecule has 1 aliphatic heterocycles. The fourth-order valence-electron chi connectivity index (χ4n) is 4.57. The molecule has 0 aliphatic carbocycles. The zero-order valence-corrected chi connectivity index (χ0v) is 30.1. The molecule has 0 radical (unpaired) electrons. The van der Waals surface area contributed by atoms with Gasteiger partial charge in [0, 0.05) is 35.2 Å². The molecule has 2 N–H and O–H groups in total. The number of anilines is 1. The minimum absolute atomic E-state index is 0.0160. The van der Waals surface area contributed by atoms with Crippen molar-refractivity contribution in [3.63, 3.8) is 0 Å². The summed E-state index contributed by atoms with van der Waals surface area (Å²) in [5.74, 6) is 1.46. The maximum Gasteiger partial charge on any atom is 0.485 e. The molecule has 2 aromatic carbocycles. The molecule has 1 heterocycles. The van der Waals surface area contributed by atoms with Crippen LogP contribution in [0.2, 0.25) is 0 Å². The Bertz CT molecular complexity index is 1360. The van der Waals surface area contributed by atoms with Crippen molar-refractivity contribution < 1.29 is 47.6 Å². The summed E-state index contributed by atoms with van der Waals surface area (Å²) in [5, 5.41) is 3.27. The predicted octanol–water partition coefficient (Wildman–Crippen LogP) is 7.43. The van der Waals surface area contributed by atoms with Crippen molar-refractivity contribution >= 4 is 51.4 Å². The van der Waals surface area contributed by atoms with Crippen LogP contribution < -0.4 is 14.8 Å². The second kappa shape index (κ2) is 19.3. The van der Waals surface area contributed by atoms with Crippen LogP contribution in [0.5, 0.6) is 11.5 Å². The maximum absolute atomic E-state index is 13.3. The molecule has 0 bridgehead atoms. The van der Waals surface area contributed by atoms with Gasteiger partial charge in [-0.15, -0.1) is 0 Å². The van der Waals surface area contributed by atoms with E-state index in [2.05, 4.69) is 5.32 Å². The lowest BCUT2D eigenvalue weighted by Gasteiger charge is -2.23. The molecule has 2 atom stereocenters. The lowest BCUT2D eigenvalue weighted by Crippen LogP contribution is -2.37. The summed E-state index contributed by atoms with van der Waals surface area (Å²) in [6, 6.07) is 11.3. The summed E-state index contributed by atoms with van der Waals surface area (Å²) in [6.45, 7) is 6.71. The topological polar surface area (TPSA) is 143 Å². The molecule has 1 saturated heterocycles. The highest BCUT2D eigenvalue weighted by Gasteiger charge is 2.26. The standard InChI is InChI=1S/C34H46N2O10S2/c1-23(44-30(37)10-8-7-9-28-17-20-47-48-28)45-33(40)36(22-25-13-16-27(41-5)21-29(25)42-6)18-19-43-31(38)24-11-14-26(15-12-24)35-32(39)46-34(2,3)4/h11-16,21,23,28H,7-10,17-20,22H2,1-6H3,(H,35,39)/p+1. The van der Waals surface area contributed by atoms with Crippen LogP contribution in [0, 0.1) is 0 Å². The van der Waals surface area contributed by atoms with Crippen molar-refractivity contribution in [2.45, 2.75) is 83.5 Å². The number of unbranched alkanes of at least 4 members (excludes halogenated alkanes) is 1. The number of nitrogens with zero attached hydrogens (tertiary/aromatic N) is 1. The first-order valence-electron chi connectivity index (χ1n) is 15.8. The number of methoxy groups -OCH3 is 2. The van der Waals surface area contributed by atoms with Gasteiger partial charge in [0.05, 0.1) is 32.9 Å². The molecule has 48 heavy (non-hydrogen) atoms. The van der Waals surface area contributed by atoms with Crippen LogP contribution in [-0.2, 0) is 25.5 Å². The van der Waals surface area contributed by atoms with E-state index < -0.39 is 30.0 Å². The molecule has 2 unspecified atom stereocenters. The van der Waals surface area contributed by atoms with Crippen molar-refractivity contribution in [1.82, 2.24) is 4.90 Å². The molecule has 1 fully saturated rings. The van der Waals surface area contributed by atoms with Gasteiger partial charge >= 0.3 is 30.4 Å². The van der Waals surface area contributed by atoms with Gasteiger partial charge in [0.2, 0.25) is 0 Å². The Morgan fingerprint density at radius 3 is 2.44 bits per heavy atom. The number of carbonyl (C=O) groups is 3. The van der Waals surface area contributed by atoms with Crippen molar-refractivity contribution in [3.05, 3.63) is 53.6 Å². The van der Waals surface area contributed by atoms with Gasteiger partial charge in [-0.05, 0) is 76.4 Å². The Kier molecular flexibility index (Phi) is 15.5. The van der Waals surface area contributed by atoms with Gasteiger partial charge in [-0.3, -0.25) is 10.1 Å².